The van der Waals surface area contributed by atoms with Crippen LogP contribution >= 0.6 is 0 Å². The van der Waals surface area contributed by atoms with Crippen molar-refractivity contribution >= 4 is 11.7 Å². The molecule has 7 heteroatoms. The fourth-order valence-electron chi connectivity index (χ4n) is 1.67. The number of ether oxygens (including phenoxy) is 3. The Balaban J connectivity index is 3.47. The van der Waals surface area contributed by atoms with E-state index in [1.807, 2.05) is 0 Å². The van der Waals surface area contributed by atoms with Crippen LogP contribution in [-0.4, -0.2) is 38.6 Å². The van der Waals surface area contributed by atoms with Crippen LogP contribution in [0, 0.1) is 0 Å². The van der Waals surface area contributed by atoms with E-state index in [2.05, 4.69) is 0 Å². The molecule has 0 fully saturated rings. The number of carbonyl (C=O) groups excluding carboxylic acids is 2. The molecular formula is C13H18N2O5. The highest BCUT2D eigenvalue weighted by Gasteiger charge is 2.38. The van der Waals surface area contributed by atoms with Crippen molar-refractivity contribution in [2.24, 2.45) is 11.5 Å². The van der Waals surface area contributed by atoms with Gasteiger partial charge >= 0.3 is 0 Å². The third-order valence-corrected chi connectivity index (χ3v) is 2.93. The summed E-state index contributed by atoms with van der Waals surface area (Å²) in [6, 6.07) is 2.96. The molecule has 0 aliphatic carbocycles. The van der Waals surface area contributed by atoms with E-state index in [1.165, 1.54) is 40.4 Å². The molecule has 1 amide bonds. The van der Waals surface area contributed by atoms with Gasteiger partial charge in [0.25, 0.3) is 0 Å². The molecule has 0 bridgehead atoms. The second-order valence-electron chi connectivity index (χ2n) is 4.28. The fourth-order valence-corrected chi connectivity index (χ4v) is 1.67. The zero-order chi connectivity index (χ0) is 15.5. The van der Waals surface area contributed by atoms with E-state index >= 15 is 0 Å². The molecule has 7 nitrogen and oxygen atoms in total. The van der Waals surface area contributed by atoms with E-state index in [9.17, 15) is 9.59 Å². The van der Waals surface area contributed by atoms with Crippen molar-refractivity contribution in [3.8, 4) is 17.2 Å². The number of rotatable bonds is 6. The Morgan fingerprint density at radius 2 is 1.60 bits per heavy atom. The number of nitrogens with two attached hydrogens (primary N) is 2. The number of benzene rings is 1. The van der Waals surface area contributed by atoms with Gasteiger partial charge < -0.3 is 25.7 Å². The summed E-state index contributed by atoms with van der Waals surface area (Å²) in [5.41, 5.74) is 9.07. The van der Waals surface area contributed by atoms with Gasteiger partial charge in [0.15, 0.2) is 22.8 Å². The summed E-state index contributed by atoms with van der Waals surface area (Å²) in [6.07, 6.45) is 0. The Labute approximate surface area is 116 Å². The summed E-state index contributed by atoms with van der Waals surface area (Å²) in [7, 11) is 4.23. The van der Waals surface area contributed by atoms with Gasteiger partial charge in [0.1, 0.15) is 0 Å². The van der Waals surface area contributed by atoms with E-state index in [-0.39, 0.29) is 17.1 Å². The number of primary amides is 1. The molecule has 20 heavy (non-hydrogen) atoms. The predicted octanol–water partition coefficient (Wildman–Crippen LogP) is 0.0978. The molecule has 0 aromatic heterocycles. The van der Waals surface area contributed by atoms with Crippen LogP contribution < -0.4 is 25.7 Å². The molecular weight excluding hydrogens is 264 g/mol. The lowest BCUT2D eigenvalue weighted by molar-refractivity contribution is -0.121. The minimum Gasteiger partial charge on any atom is -0.493 e. The standard InChI is InChI=1S/C13H18N2O5/c1-13(15,12(14)17)11(16)7-5-6-8(18-2)10(20-4)9(7)19-3/h5-6H,15H2,1-4H3,(H2,14,17). The van der Waals surface area contributed by atoms with Gasteiger partial charge in [0, 0.05) is 0 Å². The Morgan fingerprint density at radius 3 is 2.00 bits per heavy atom. The highest BCUT2D eigenvalue weighted by atomic mass is 16.5. The zero-order valence-corrected chi connectivity index (χ0v) is 11.9. The number of hydrogen-bond donors (Lipinski definition) is 2. The monoisotopic (exact) mass is 282 g/mol. The SMILES string of the molecule is COc1ccc(C(=O)C(C)(N)C(N)=O)c(OC)c1OC. The maximum absolute atomic E-state index is 12.4. The van der Waals surface area contributed by atoms with Gasteiger partial charge in [0.2, 0.25) is 11.7 Å². The number of methoxy groups -OCH3 is 3. The number of ketones is 1. The van der Waals surface area contributed by atoms with Crippen LogP contribution in [0.2, 0.25) is 0 Å². The van der Waals surface area contributed by atoms with Crippen LogP contribution in [0.15, 0.2) is 12.1 Å². The number of Topliss-reactive ketones (excluding diaryl/α,β-unsaturated/α-hetero) is 1. The molecule has 0 saturated carbocycles. The molecule has 0 radical (unpaired) electrons. The fraction of sp³-hybridized carbons (Fsp3) is 0.385. The van der Waals surface area contributed by atoms with Crippen molar-refractivity contribution < 1.29 is 23.8 Å². The summed E-state index contributed by atoms with van der Waals surface area (Å²) in [5.74, 6) is -0.836. The van der Waals surface area contributed by atoms with Gasteiger partial charge in [-0.15, -0.1) is 0 Å². The molecule has 0 aliphatic heterocycles. The van der Waals surface area contributed by atoms with E-state index in [4.69, 9.17) is 25.7 Å². The molecule has 0 spiro atoms. The van der Waals surface area contributed by atoms with E-state index in [0.29, 0.717) is 5.75 Å². The van der Waals surface area contributed by atoms with Crippen LogP contribution in [0.4, 0.5) is 0 Å². The lowest BCUT2D eigenvalue weighted by Gasteiger charge is -2.21. The summed E-state index contributed by atoms with van der Waals surface area (Å²) < 4.78 is 15.4. The van der Waals surface area contributed by atoms with Gasteiger partial charge in [0.05, 0.1) is 26.9 Å². The Hall–Kier alpha value is -2.28. The first-order chi connectivity index (χ1) is 9.31. The average Bonchev–Trinajstić information content (AvgIpc) is 2.44. The molecule has 1 unspecified atom stereocenters. The van der Waals surface area contributed by atoms with E-state index < -0.39 is 17.2 Å². The minimum atomic E-state index is -1.84. The lowest BCUT2D eigenvalue weighted by Crippen LogP contribution is -2.55. The van der Waals surface area contributed by atoms with Crippen molar-refractivity contribution in [1.82, 2.24) is 0 Å². The van der Waals surface area contributed by atoms with Crippen molar-refractivity contribution in [3.05, 3.63) is 17.7 Å². The molecule has 0 aliphatic rings. The van der Waals surface area contributed by atoms with Crippen LogP contribution in [0.1, 0.15) is 17.3 Å². The van der Waals surface area contributed by atoms with Crippen molar-refractivity contribution in [2.75, 3.05) is 21.3 Å². The van der Waals surface area contributed by atoms with Crippen molar-refractivity contribution in [2.45, 2.75) is 12.5 Å². The molecule has 0 heterocycles. The minimum absolute atomic E-state index is 0.0916. The number of hydrogen-bond acceptors (Lipinski definition) is 6. The van der Waals surface area contributed by atoms with Crippen LogP contribution in [0.25, 0.3) is 0 Å². The zero-order valence-electron chi connectivity index (χ0n) is 11.9. The summed E-state index contributed by atoms with van der Waals surface area (Å²) in [4.78, 5) is 23.6. The Kier molecular flexibility index (Phi) is 4.57. The van der Waals surface area contributed by atoms with Crippen LogP contribution in [0.3, 0.4) is 0 Å². The van der Waals surface area contributed by atoms with Crippen molar-refractivity contribution in [1.29, 1.82) is 0 Å². The maximum Gasteiger partial charge on any atom is 0.245 e. The highest BCUT2D eigenvalue weighted by molar-refractivity contribution is 6.18. The van der Waals surface area contributed by atoms with Crippen molar-refractivity contribution in [3.63, 3.8) is 0 Å². The third kappa shape index (κ3) is 2.53. The second kappa shape index (κ2) is 5.79. The molecule has 1 aromatic carbocycles. The second-order valence-corrected chi connectivity index (χ2v) is 4.28. The van der Waals surface area contributed by atoms with Gasteiger partial charge in [-0.3, -0.25) is 9.59 Å². The topological polar surface area (TPSA) is 114 Å². The lowest BCUT2D eigenvalue weighted by atomic mass is 9.90. The van der Waals surface area contributed by atoms with Crippen LogP contribution in [-0.2, 0) is 4.79 Å². The predicted molar refractivity (Wildman–Crippen MR) is 72.2 cm³/mol. The van der Waals surface area contributed by atoms with Gasteiger partial charge in [-0.05, 0) is 19.1 Å². The third-order valence-electron chi connectivity index (χ3n) is 2.93. The first-order valence-corrected chi connectivity index (χ1v) is 5.73. The molecule has 110 valence electrons. The molecule has 0 saturated heterocycles. The molecule has 1 atom stereocenters. The van der Waals surface area contributed by atoms with Gasteiger partial charge in [-0.2, -0.15) is 0 Å². The smallest absolute Gasteiger partial charge is 0.245 e. The Bertz CT molecular complexity index is 540. The van der Waals surface area contributed by atoms with Gasteiger partial charge in [-0.25, -0.2) is 0 Å². The average molecular weight is 282 g/mol. The van der Waals surface area contributed by atoms with E-state index in [0.717, 1.165) is 0 Å². The summed E-state index contributed by atoms with van der Waals surface area (Å²) >= 11 is 0. The number of carbonyl (C=O) groups is 2. The normalized spacial score (nSPS) is 13.2. The van der Waals surface area contributed by atoms with Crippen LogP contribution in [0.5, 0.6) is 17.2 Å². The largest absolute Gasteiger partial charge is 0.493 e. The highest BCUT2D eigenvalue weighted by Crippen LogP contribution is 2.40. The Morgan fingerprint density at radius 1 is 1.05 bits per heavy atom. The molecule has 1 rings (SSSR count). The summed E-state index contributed by atoms with van der Waals surface area (Å²) in [5, 5.41) is 0. The first-order valence-electron chi connectivity index (χ1n) is 5.73. The van der Waals surface area contributed by atoms with E-state index in [1.54, 1.807) is 0 Å². The maximum atomic E-state index is 12.4. The first kappa shape index (κ1) is 15.8. The quantitative estimate of drug-likeness (QED) is 0.565. The summed E-state index contributed by atoms with van der Waals surface area (Å²) in [6.45, 7) is 1.24. The number of amides is 1. The van der Waals surface area contributed by atoms with Gasteiger partial charge in [-0.1, -0.05) is 0 Å². The molecule has 1 aromatic rings. The molecule has 4 N–H and O–H groups in total.